The number of nitrogens with zero attached hydrogens (tertiary/aromatic N) is 4. The van der Waals surface area contributed by atoms with E-state index < -0.39 is 6.30 Å². The molecule has 2 aromatic rings. The molecule has 5 rings (SSSR count). The Morgan fingerprint density at radius 2 is 2.06 bits per heavy atom. The van der Waals surface area contributed by atoms with Crippen LogP contribution in [0.5, 0.6) is 0 Å². The Bertz CT molecular complexity index is 1280. The highest BCUT2D eigenvalue weighted by molar-refractivity contribution is 5.95. The lowest BCUT2D eigenvalue weighted by molar-refractivity contribution is -0.129. The third kappa shape index (κ3) is 4.57. The maximum absolute atomic E-state index is 14.6. The molecular formula is C29H30FN5O. The average Bonchev–Trinajstić information content (AvgIpc) is 2.91. The van der Waals surface area contributed by atoms with Gasteiger partial charge in [0.15, 0.2) is 0 Å². The van der Waals surface area contributed by atoms with E-state index in [9.17, 15) is 14.4 Å². The van der Waals surface area contributed by atoms with Crippen molar-refractivity contribution in [3.05, 3.63) is 88.9 Å². The minimum absolute atomic E-state index is 0.0572. The molecule has 7 heteroatoms. The molecule has 1 aromatic carbocycles. The van der Waals surface area contributed by atoms with Crippen LogP contribution < -0.4 is 5.32 Å². The third-order valence-electron chi connectivity index (χ3n) is 7.50. The summed E-state index contributed by atoms with van der Waals surface area (Å²) in [5, 5.41) is 13.2. The SMILES string of the molecule is CC1C(c2cccc(C#N)c2)=Cc2ccncc2C1NC1CCN(C(=O)C2=CC=CN(C)C2F)CC1. The lowest BCUT2D eigenvalue weighted by Crippen LogP contribution is -2.48. The number of nitriles is 1. The highest BCUT2D eigenvalue weighted by Gasteiger charge is 2.34. The summed E-state index contributed by atoms with van der Waals surface area (Å²) in [5.41, 5.74) is 5.37. The number of likely N-dealkylation sites (N-methyl/N-ethyl adjacent to an activating group) is 1. The predicted octanol–water partition coefficient (Wildman–Crippen LogP) is 4.45. The minimum atomic E-state index is -1.41. The lowest BCUT2D eigenvalue weighted by atomic mass is 9.77. The van der Waals surface area contributed by atoms with E-state index in [1.165, 1.54) is 10.5 Å². The van der Waals surface area contributed by atoms with Gasteiger partial charge in [-0.15, -0.1) is 0 Å². The Morgan fingerprint density at radius 3 is 2.83 bits per heavy atom. The van der Waals surface area contributed by atoms with Crippen LogP contribution in [0.2, 0.25) is 0 Å². The molecule has 1 fully saturated rings. The first-order valence-electron chi connectivity index (χ1n) is 12.4. The number of alkyl halides is 1. The molecule has 1 N–H and O–H groups in total. The number of aromatic nitrogens is 1. The van der Waals surface area contributed by atoms with E-state index in [-0.39, 0.29) is 29.5 Å². The smallest absolute Gasteiger partial charge is 0.254 e. The number of carbonyl (C=O) groups is 1. The molecule has 1 amide bonds. The van der Waals surface area contributed by atoms with E-state index in [1.807, 2.05) is 30.5 Å². The van der Waals surface area contributed by atoms with Gasteiger partial charge in [0.25, 0.3) is 5.91 Å². The molecule has 0 spiro atoms. The summed E-state index contributed by atoms with van der Waals surface area (Å²) in [6.45, 7) is 3.38. The fraction of sp³-hybridized carbons (Fsp3) is 0.345. The Labute approximate surface area is 211 Å². The van der Waals surface area contributed by atoms with Gasteiger partial charge in [0.05, 0.1) is 17.2 Å². The van der Waals surface area contributed by atoms with E-state index in [0.717, 1.165) is 29.5 Å². The number of allylic oxidation sites excluding steroid dienone is 2. The van der Waals surface area contributed by atoms with Crippen LogP contribution in [0.1, 0.15) is 48.1 Å². The quantitative estimate of drug-likeness (QED) is 0.651. The minimum Gasteiger partial charge on any atom is -0.348 e. The standard InChI is InChI=1S/C29H30FN5O/c1-19-25(21-6-3-5-20(15-21)17-31)16-22-8-11-32-18-26(22)27(19)33-23-9-13-35(14-10-23)29(36)24-7-4-12-34(2)28(24)30/h3-8,11-12,15-16,18-19,23,27-28,33H,9-10,13-14H2,1-2H3. The number of hydrogen-bond acceptors (Lipinski definition) is 5. The van der Waals surface area contributed by atoms with Gasteiger partial charge in [-0.2, -0.15) is 5.26 Å². The van der Waals surface area contributed by atoms with Crippen LogP contribution in [-0.4, -0.2) is 53.2 Å². The van der Waals surface area contributed by atoms with Gasteiger partial charge in [0.2, 0.25) is 6.30 Å². The number of likely N-dealkylation sites (tertiary alicyclic amines) is 1. The molecule has 6 nitrogen and oxygen atoms in total. The zero-order valence-electron chi connectivity index (χ0n) is 20.6. The number of piperidine rings is 1. The summed E-state index contributed by atoms with van der Waals surface area (Å²) in [6.07, 6.45) is 11.1. The van der Waals surface area contributed by atoms with Crippen molar-refractivity contribution in [2.45, 2.75) is 38.1 Å². The van der Waals surface area contributed by atoms with Crippen LogP contribution in [0.3, 0.4) is 0 Å². The molecule has 3 atom stereocenters. The molecule has 0 bridgehead atoms. The van der Waals surface area contributed by atoms with Gasteiger partial charge in [-0.25, -0.2) is 4.39 Å². The van der Waals surface area contributed by atoms with Crippen molar-refractivity contribution in [3.63, 3.8) is 0 Å². The van der Waals surface area contributed by atoms with Crippen molar-refractivity contribution in [1.29, 1.82) is 5.26 Å². The molecule has 184 valence electrons. The van der Waals surface area contributed by atoms with Crippen LogP contribution in [0.4, 0.5) is 4.39 Å². The molecular weight excluding hydrogens is 453 g/mol. The third-order valence-corrected chi connectivity index (χ3v) is 7.50. The highest BCUT2D eigenvalue weighted by atomic mass is 19.1. The predicted molar refractivity (Wildman–Crippen MR) is 138 cm³/mol. The zero-order valence-corrected chi connectivity index (χ0v) is 20.6. The fourth-order valence-corrected chi connectivity index (χ4v) is 5.42. The first-order chi connectivity index (χ1) is 17.5. The first-order valence-corrected chi connectivity index (χ1v) is 12.4. The number of nitrogens with one attached hydrogen (secondary N) is 1. The van der Waals surface area contributed by atoms with Gasteiger partial charge in [0.1, 0.15) is 0 Å². The molecule has 1 saturated heterocycles. The second-order valence-electron chi connectivity index (χ2n) is 9.76. The topological polar surface area (TPSA) is 72.3 Å². The summed E-state index contributed by atoms with van der Waals surface area (Å²) in [6, 6.07) is 12.3. The van der Waals surface area contributed by atoms with Gasteiger partial charge in [-0.1, -0.05) is 25.1 Å². The number of carbonyl (C=O) groups excluding carboxylic acids is 1. The van der Waals surface area contributed by atoms with Gasteiger partial charge in [-0.3, -0.25) is 9.78 Å². The van der Waals surface area contributed by atoms with Crippen molar-refractivity contribution in [2.24, 2.45) is 5.92 Å². The molecule has 0 radical (unpaired) electrons. The van der Waals surface area contributed by atoms with Gasteiger partial charge in [-0.05, 0) is 65.5 Å². The van der Waals surface area contributed by atoms with Crippen molar-refractivity contribution in [3.8, 4) is 6.07 Å². The van der Waals surface area contributed by atoms with Crippen molar-refractivity contribution in [1.82, 2.24) is 20.1 Å². The van der Waals surface area contributed by atoms with Crippen LogP contribution >= 0.6 is 0 Å². The maximum atomic E-state index is 14.6. The molecule has 3 aliphatic rings. The van der Waals surface area contributed by atoms with Crippen LogP contribution in [0, 0.1) is 17.2 Å². The average molecular weight is 484 g/mol. The fourth-order valence-electron chi connectivity index (χ4n) is 5.42. The first kappa shape index (κ1) is 24.0. The van der Waals surface area contributed by atoms with Crippen molar-refractivity contribution >= 4 is 17.6 Å². The van der Waals surface area contributed by atoms with Gasteiger partial charge >= 0.3 is 0 Å². The molecule has 0 saturated carbocycles. The summed E-state index contributed by atoms with van der Waals surface area (Å²) in [5.74, 6) is -0.0577. The summed E-state index contributed by atoms with van der Waals surface area (Å²) in [7, 11) is 1.63. The Morgan fingerprint density at radius 1 is 1.25 bits per heavy atom. The number of rotatable bonds is 4. The number of benzene rings is 1. The normalized spacial score (nSPS) is 24.0. The van der Waals surface area contributed by atoms with Crippen molar-refractivity contribution < 1.29 is 9.18 Å². The Kier molecular flexibility index (Phi) is 6.71. The van der Waals surface area contributed by atoms with E-state index in [2.05, 4.69) is 35.4 Å². The second kappa shape index (κ2) is 10.1. The van der Waals surface area contributed by atoms with E-state index >= 15 is 0 Å². The van der Waals surface area contributed by atoms with Crippen LogP contribution in [0.25, 0.3) is 11.6 Å². The molecule has 3 heterocycles. The number of amides is 1. The highest BCUT2D eigenvalue weighted by Crippen LogP contribution is 2.41. The molecule has 1 aromatic heterocycles. The Balaban J connectivity index is 1.31. The summed E-state index contributed by atoms with van der Waals surface area (Å²) >= 11 is 0. The van der Waals surface area contributed by atoms with E-state index in [4.69, 9.17) is 0 Å². The molecule has 1 aliphatic carbocycles. The number of fused-ring (bicyclic) bond motifs is 1. The molecule has 36 heavy (non-hydrogen) atoms. The Hall–Kier alpha value is -3.76. The van der Waals surface area contributed by atoms with Crippen molar-refractivity contribution in [2.75, 3.05) is 20.1 Å². The van der Waals surface area contributed by atoms with E-state index in [1.54, 1.807) is 36.5 Å². The largest absolute Gasteiger partial charge is 0.348 e. The second-order valence-corrected chi connectivity index (χ2v) is 9.76. The van der Waals surface area contributed by atoms with Crippen LogP contribution in [-0.2, 0) is 4.79 Å². The number of pyridine rings is 1. The number of hydrogen-bond donors (Lipinski definition) is 1. The zero-order chi connectivity index (χ0) is 25.2. The van der Waals surface area contributed by atoms with Gasteiger partial charge in [0, 0.05) is 56.7 Å². The molecule has 2 aliphatic heterocycles. The summed E-state index contributed by atoms with van der Waals surface area (Å²) in [4.78, 5) is 20.5. The van der Waals surface area contributed by atoms with Gasteiger partial charge < -0.3 is 15.1 Å². The van der Waals surface area contributed by atoms with Crippen LogP contribution in [0.15, 0.2) is 66.7 Å². The monoisotopic (exact) mass is 483 g/mol. The lowest BCUT2D eigenvalue weighted by Gasteiger charge is -2.39. The number of halogens is 1. The maximum Gasteiger partial charge on any atom is 0.254 e. The summed E-state index contributed by atoms with van der Waals surface area (Å²) < 4.78 is 14.6. The van der Waals surface area contributed by atoms with E-state index in [0.29, 0.717) is 18.7 Å². The molecule has 3 unspecified atom stereocenters.